The number of anilines is 1. The van der Waals surface area contributed by atoms with Gasteiger partial charge in [0.25, 0.3) is 5.91 Å². The summed E-state index contributed by atoms with van der Waals surface area (Å²) < 4.78 is 15.8. The number of carbonyl (C=O) groups excluding carboxylic acids is 2. The molecule has 0 fully saturated rings. The highest BCUT2D eigenvalue weighted by molar-refractivity contribution is 7.16. The molecule has 7 nitrogen and oxygen atoms in total. The minimum Gasteiger partial charge on any atom is -0.493 e. The monoisotopic (exact) mass is 428 g/mol. The maximum Gasteiger partial charge on any atom is 0.341 e. The van der Waals surface area contributed by atoms with Crippen molar-refractivity contribution in [3.05, 3.63) is 45.3 Å². The fourth-order valence-corrected chi connectivity index (χ4v) is 3.72. The van der Waals surface area contributed by atoms with Crippen LogP contribution >= 0.6 is 11.3 Å². The maximum atomic E-state index is 12.7. The topological polar surface area (TPSA) is 97.7 Å². The summed E-state index contributed by atoms with van der Waals surface area (Å²) in [5.74, 6) is -0.0991. The molecule has 0 bridgehead atoms. The van der Waals surface area contributed by atoms with Crippen molar-refractivity contribution < 1.29 is 23.8 Å². The van der Waals surface area contributed by atoms with E-state index in [1.54, 1.807) is 25.1 Å². The molecule has 30 heavy (non-hydrogen) atoms. The Morgan fingerprint density at radius 1 is 1.20 bits per heavy atom. The van der Waals surface area contributed by atoms with Crippen molar-refractivity contribution in [2.45, 2.75) is 33.8 Å². The number of esters is 1. The summed E-state index contributed by atoms with van der Waals surface area (Å²) in [7, 11) is 2.80. The van der Waals surface area contributed by atoms with E-state index in [0.717, 1.165) is 10.4 Å². The molecular formula is C22H24N2O5S. The molecule has 2 aromatic rings. The van der Waals surface area contributed by atoms with Gasteiger partial charge >= 0.3 is 5.97 Å². The quantitative estimate of drug-likeness (QED) is 0.396. The van der Waals surface area contributed by atoms with Crippen LogP contribution in [0.2, 0.25) is 0 Å². The number of aryl methyl sites for hydroxylation is 1. The molecule has 8 heteroatoms. The van der Waals surface area contributed by atoms with Crippen LogP contribution in [0.15, 0.2) is 23.8 Å². The molecule has 1 N–H and O–H groups in total. The Hall–Kier alpha value is -3.31. The van der Waals surface area contributed by atoms with E-state index in [1.807, 2.05) is 26.8 Å². The Labute approximate surface area is 179 Å². The summed E-state index contributed by atoms with van der Waals surface area (Å²) >= 11 is 1.25. The van der Waals surface area contributed by atoms with Gasteiger partial charge in [0.05, 0.1) is 25.9 Å². The molecule has 1 aromatic heterocycles. The second-order valence-corrected chi connectivity index (χ2v) is 7.90. The van der Waals surface area contributed by atoms with Crippen molar-refractivity contribution in [2.75, 3.05) is 19.5 Å². The lowest BCUT2D eigenvalue weighted by atomic mass is 10.1. The van der Waals surface area contributed by atoms with Crippen LogP contribution in [0.4, 0.5) is 5.00 Å². The first kappa shape index (κ1) is 23.0. The molecule has 0 aliphatic rings. The SMILES string of the molecule is COC(=O)c1c(NC(=O)/C(C#N)=C\c2ccc(OC(C)C)c(OC)c2)sc(C)c1C. The highest BCUT2D eigenvalue weighted by Gasteiger charge is 2.22. The highest BCUT2D eigenvalue weighted by Crippen LogP contribution is 2.33. The molecule has 2 rings (SSSR count). The van der Waals surface area contributed by atoms with Gasteiger partial charge in [0, 0.05) is 4.88 Å². The van der Waals surface area contributed by atoms with Gasteiger partial charge in [0.15, 0.2) is 11.5 Å². The van der Waals surface area contributed by atoms with Crippen LogP contribution in [-0.2, 0) is 9.53 Å². The van der Waals surface area contributed by atoms with E-state index in [9.17, 15) is 14.9 Å². The summed E-state index contributed by atoms with van der Waals surface area (Å²) in [5, 5.41) is 12.5. The van der Waals surface area contributed by atoms with Crippen molar-refractivity contribution in [1.29, 1.82) is 5.26 Å². The van der Waals surface area contributed by atoms with E-state index in [1.165, 1.54) is 31.6 Å². The zero-order chi connectivity index (χ0) is 22.4. The van der Waals surface area contributed by atoms with E-state index < -0.39 is 11.9 Å². The highest BCUT2D eigenvalue weighted by atomic mass is 32.1. The zero-order valence-electron chi connectivity index (χ0n) is 17.8. The molecule has 0 aliphatic carbocycles. The number of carbonyl (C=O) groups is 2. The van der Waals surface area contributed by atoms with E-state index in [4.69, 9.17) is 14.2 Å². The minimum atomic E-state index is -0.620. The van der Waals surface area contributed by atoms with Gasteiger partial charge < -0.3 is 19.5 Å². The van der Waals surface area contributed by atoms with Gasteiger partial charge in [-0.2, -0.15) is 5.26 Å². The molecule has 0 saturated carbocycles. The Balaban J connectivity index is 2.34. The second-order valence-electron chi connectivity index (χ2n) is 6.68. The number of ether oxygens (including phenoxy) is 3. The number of hydrogen-bond acceptors (Lipinski definition) is 7. The summed E-state index contributed by atoms with van der Waals surface area (Å²) in [6.07, 6.45) is 1.42. The molecule has 1 amide bonds. The van der Waals surface area contributed by atoms with Crippen LogP contribution in [0.1, 0.15) is 40.2 Å². The Kier molecular flexibility index (Phi) is 7.61. The van der Waals surface area contributed by atoms with Crippen LogP contribution in [0, 0.1) is 25.2 Å². The maximum absolute atomic E-state index is 12.7. The predicted molar refractivity (Wildman–Crippen MR) is 116 cm³/mol. The second kappa shape index (κ2) is 9.94. The molecule has 1 aromatic carbocycles. The molecule has 0 saturated heterocycles. The number of nitrogens with zero attached hydrogens (tertiary/aromatic N) is 1. The number of nitrogens with one attached hydrogen (secondary N) is 1. The third-order valence-electron chi connectivity index (χ3n) is 4.23. The first-order valence-corrected chi connectivity index (χ1v) is 9.99. The first-order chi connectivity index (χ1) is 14.2. The smallest absolute Gasteiger partial charge is 0.341 e. The number of benzene rings is 1. The van der Waals surface area contributed by atoms with Crippen LogP contribution in [0.5, 0.6) is 11.5 Å². The zero-order valence-corrected chi connectivity index (χ0v) is 18.6. The number of amides is 1. The van der Waals surface area contributed by atoms with Gasteiger partial charge in [-0.1, -0.05) is 6.07 Å². The average Bonchev–Trinajstić information content (AvgIpc) is 2.99. The molecule has 0 atom stereocenters. The van der Waals surface area contributed by atoms with Crippen LogP contribution in [0.25, 0.3) is 6.08 Å². The third-order valence-corrected chi connectivity index (χ3v) is 5.35. The summed E-state index contributed by atoms with van der Waals surface area (Å²) in [6.45, 7) is 7.43. The van der Waals surface area contributed by atoms with Crippen molar-refractivity contribution >= 4 is 34.3 Å². The standard InChI is InChI=1S/C22H24N2O5S/c1-12(2)29-17-8-7-15(10-18(17)27-5)9-16(11-23)20(25)24-21-19(22(26)28-6)13(3)14(4)30-21/h7-10,12H,1-6H3,(H,24,25)/b16-9-. The van der Waals surface area contributed by atoms with E-state index in [-0.39, 0.29) is 11.7 Å². The lowest BCUT2D eigenvalue weighted by Crippen LogP contribution is -2.15. The Morgan fingerprint density at radius 3 is 2.47 bits per heavy atom. The first-order valence-electron chi connectivity index (χ1n) is 9.17. The van der Waals surface area contributed by atoms with Crippen molar-refractivity contribution in [3.63, 3.8) is 0 Å². The Bertz CT molecular complexity index is 1030. The third kappa shape index (κ3) is 5.19. The molecule has 0 unspecified atom stereocenters. The van der Waals surface area contributed by atoms with Crippen molar-refractivity contribution in [2.24, 2.45) is 0 Å². The number of methoxy groups -OCH3 is 2. The fourth-order valence-electron chi connectivity index (χ4n) is 2.67. The molecule has 1 heterocycles. The number of nitriles is 1. The predicted octanol–water partition coefficient (Wildman–Crippen LogP) is 4.49. The van der Waals surface area contributed by atoms with Crippen LogP contribution in [-0.4, -0.2) is 32.2 Å². The number of hydrogen-bond donors (Lipinski definition) is 1. The summed E-state index contributed by atoms with van der Waals surface area (Å²) in [4.78, 5) is 25.7. The normalized spacial score (nSPS) is 11.1. The molecule has 158 valence electrons. The van der Waals surface area contributed by atoms with Gasteiger partial charge in [-0.25, -0.2) is 4.79 Å². The van der Waals surface area contributed by atoms with Crippen molar-refractivity contribution in [3.8, 4) is 17.6 Å². The van der Waals surface area contributed by atoms with E-state index in [2.05, 4.69) is 5.32 Å². The van der Waals surface area contributed by atoms with Gasteiger partial charge in [0.2, 0.25) is 0 Å². The number of thiophene rings is 1. The largest absolute Gasteiger partial charge is 0.493 e. The lowest BCUT2D eigenvalue weighted by Gasteiger charge is -2.13. The molecular weight excluding hydrogens is 404 g/mol. The van der Waals surface area contributed by atoms with E-state index in [0.29, 0.717) is 27.6 Å². The summed E-state index contributed by atoms with van der Waals surface area (Å²) in [5.41, 5.74) is 1.51. The molecule has 0 radical (unpaired) electrons. The van der Waals surface area contributed by atoms with Gasteiger partial charge in [-0.3, -0.25) is 4.79 Å². The minimum absolute atomic E-state index is 0.0255. The Morgan fingerprint density at radius 2 is 1.90 bits per heavy atom. The molecule has 0 spiro atoms. The van der Waals surface area contributed by atoms with Gasteiger partial charge in [0.1, 0.15) is 16.6 Å². The van der Waals surface area contributed by atoms with Gasteiger partial charge in [-0.15, -0.1) is 11.3 Å². The fraction of sp³-hybridized carbons (Fsp3) is 0.318. The van der Waals surface area contributed by atoms with E-state index >= 15 is 0 Å². The number of rotatable bonds is 7. The average molecular weight is 429 g/mol. The lowest BCUT2D eigenvalue weighted by molar-refractivity contribution is -0.112. The van der Waals surface area contributed by atoms with Crippen LogP contribution in [0.3, 0.4) is 0 Å². The summed E-state index contributed by atoms with van der Waals surface area (Å²) in [6, 6.07) is 7.03. The van der Waals surface area contributed by atoms with Crippen molar-refractivity contribution in [1.82, 2.24) is 0 Å². The van der Waals surface area contributed by atoms with Crippen LogP contribution < -0.4 is 14.8 Å². The molecule has 0 aliphatic heterocycles. The van der Waals surface area contributed by atoms with Gasteiger partial charge in [-0.05, 0) is 57.0 Å².